The van der Waals surface area contributed by atoms with Crippen molar-refractivity contribution in [1.29, 1.82) is 0 Å². The van der Waals surface area contributed by atoms with Crippen LogP contribution in [0.25, 0.3) is 33.7 Å². The minimum atomic E-state index is -0.977. The van der Waals surface area contributed by atoms with Gasteiger partial charge in [-0.05, 0) is 42.3 Å². The van der Waals surface area contributed by atoms with Crippen LogP contribution in [0, 0.1) is 0 Å². The summed E-state index contributed by atoms with van der Waals surface area (Å²) in [5.74, 6) is -0.119. The number of H-pyrrole nitrogens is 2. The van der Waals surface area contributed by atoms with Gasteiger partial charge in [0.25, 0.3) is 5.56 Å². The zero-order valence-electron chi connectivity index (χ0n) is 14.8. The molecule has 140 valence electrons. The molecule has 9 heteroatoms. The van der Waals surface area contributed by atoms with Crippen LogP contribution in [-0.4, -0.2) is 43.1 Å². The van der Waals surface area contributed by atoms with Crippen LogP contribution < -0.4 is 10.3 Å². The summed E-state index contributed by atoms with van der Waals surface area (Å²) in [4.78, 5) is 30.2. The predicted molar refractivity (Wildman–Crippen MR) is 101 cm³/mol. The van der Waals surface area contributed by atoms with Crippen LogP contribution in [0.2, 0.25) is 0 Å². The average Bonchev–Trinajstić information content (AvgIpc) is 3.17. The van der Waals surface area contributed by atoms with Gasteiger partial charge in [-0.2, -0.15) is 5.21 Å². The van der Waals surface area contributed by atoms with Crippen molar-refractivity contribution < 1.29 is 14.6 Å². The van der Waals surface area contributed by atoms with Crippen molar-refractivity contribution in [2.75, 3.05) is 6.61 Å². The largest absolute Gasteiger partial charge is 0.493 e. The van der Waals surface area contributed by atoms with Gasteiger partial charge in [0.05, 0.1) is 17.7 Å². The van der Waals surface area contributed by atoms with Crippen LogP contribution in [0.5, 0.6) is 5.75 Å². The second-order valence-electron chi connectivity index (χ2n) is 5.94. The highest BCUT2D eigenvalue weighted by Crippen LogP contribution is 2.33. The molecular formula is C19H15N5O4. The molecule has 2 aromatic carbocycles. The van der Waals surface area contributed by atoms with Gasteiger partial charge in [-0.25, -0.2) is 9.78 Å². The summed E-state index contributed by atoms with van der Waals surface area (Å²) in [6.07, 6.45) is 0. The SMILES string of the molecule is CCOc1cc(-c2ccc(C(=O)O)cc2)ccc1-c1nc2n[nH]nc2c(=O)[nH]1. The molecule has 0 unspecified atom stereocenters. The third kappa shape index (κ3) is 3.09. The molecule has 4 rings (SSSR count). The zero-order valence-corrected chi connectivity index (χ0v) is 14.8. The second kappa shape index (κ2) is 6.95. The third-order valence-corrected chi connectivity index (χ3v) is 4.20. The third-order valence-electron chi connectivity index (χ3n) is 4.20. The van der Waals surface area contributed by atoms with Crippen LogP contribution in [0.3, 0.4) is 0 Å². The van der Waals surface area contributed by atoms with E-state index in [0.29, 0.717) is 23.7 Å². The fourth-order valence-corrected chi connectivity index (χ4v) is 2.86. The molecule has 9 nitrogen and oxygen atoms in total. The maximum absolute atomic E-state index is 12.2. The highest BCUT2D eigenvalue weighted by atomic mass is 16.5. The Bertz CT molecular complexity index is 1230. The summed E-state index contributed by atoms with van der Waals surface area (Å²) in [7, 11) is 0. The number of benzene rings is 2. The molecule has 28 heavy (non-hydrogen) atoms. The Morgan fingerprint density at radius 1 is 1.11 bits per heavy atom. The van der Waals surface area contributed by atoms with Gasteiger partial charge in [-0.1, -0.05) is 18.2 Å². The fraction of sp³-hybridized carbons (Fsp3) is 0.105. The first-order chi connectivity index (χ1) is 13.6. The molecule has 0 aliphatic heterocycles. The van der Waals surface area contributed by atoms with Crippen LogP contribution in [0.1, 0.15) is 17.3 Å². The van der Waals surface area contributed by atoms with E-state index < -0.39 is 11.5 Å². The number of ether oxygens (including phenoxy) is 1. The molecule has 2 heterocycles. The molecule has 0 saturated carbocycles. The second-order valence-corrected chi connectivity index (χ2v) is 5.94. The van der Waals surface area contributed by atoms with Crippen molar-refractivity contribution >= 4 is 17.1 Å². The molecule has 4 aromatic rings. The Morgan fingerprint density at radius 2 is 1.86 bits per heavy atom. The normalized spacial score (nSPS) is 10.9. The Balaban J connectivity index is 1.80. The lowest BCUT2D eigenvalue weighted by Crippen LogP contribution is -2.10. The van der Waals surface area contributed by atoms with E-state index >= 15 is 0 Å². The summed E-state index contributed by atoms with van der Waals surface area (Å²) in [6, 6.07) is 12.0. The van der Waals surface area contributed by atoms with Gasteiger partial charge in [0, 0.05) is 0 Å². The quantitative estimate of drug-likeness (QED) is 0.486. The van der Waals surface area contributed by atoms with E-state index in [-0.39, 0.29) is 16.7 Å². The number of rotatable bonds is 5. The summed E-state index contributed by atoms with van der Waals surface area (Å²) >= 11 is 0. The van der Waals surface area contributed by atoms with Crippen molar-refractivity contribution in [3.05, 3.63) is 58.4 Å². The molecule has 0 spiro atoms. The van der Waals surface area contributed by atoms with E-state index in [2.05, 4.69) is 25.4 Å². The van der Waals surface area contributed by atoms with E-state index in [1.54, 1.807) is 30.3 Å². The maximum atomic E-state index is 12.2. The number of carboxylic acids is 1. The van der Waals surface area contributed by atoms with Crippen LogP contribution >= 0.6 is 0 Å². The van der Waals surface area contributed by atoms with Crippen molar-refractivity contribution in [3.63, 3.8) is 0 Å². The van der Waals surface area contributed by atoms with E-state index in [9.17, 15) is 9.59 Å². The Labute approximate surface area is 158 Å². The molecule has 2 aromatic heterocycles. The number of fused-ring (bicyclic) bond motifs is 1. The Morgan fingerprint density at radius 3 is 2.57 bits per heavy atom. The standard InChI is InChI=1S/C19H15N5O4/c1-2-28-14-9-12(10-3-5-11(6-4-10)19(26)27)7-8-13(14)16-20-17-15(18(25)21-16)22-24-23-17/h3-9H,2H2,1H3,(H,26,27)(H2,20,21,22,23,24,25). The van der Waals surface area contributed by atoms with Gasteiger partial charge in [0.1, 0.15) is 11.6 Å². The predicted octanol–water partition coefficient (Wildman–Crippen LogP) is 2.47. The molecule has 0 aliphatic rings. The van der Waals surface area contributed by atoms with E-state index in [4.69, 9.17) is 9.84 Å². The number of hydrogen-bond acceptors (Lipinski definition) is 6. The first-order valence-electron chi connectivity index (χ1n) is 8.48. The van der Waals surface area contributed by atoms with Gasteiger partial charge in [0.2, 0.25) is 5.65 Å². The molecule has 0 fully saturated rings. The van der Waals surface area contributed by atoms with Crippen LogP contribution in [0.4, 0.5) is 0 Å². The molecule has 3 N–H and O–H groups in total. The number of hydrogen-bond donors (Lipinski definition) is 3. The number of nitrogens with one attached hydrogen (secondary N) is 2. The molecular weight excluding hydrogens is 362 g/mol. The molecule has 0 radical (unpaired) electrons. The first-order valence-corrected chi connectivity index (χ1v) is 8.48. The Kier molecular flexibility index (Phi) is 4.32. The van der Waals surface area contributed by atoms with Gasteiger partial charge < -0.3 is 14.8 Å². The minimum absolute atomic E-state index is 0.136. The van der Waals surface area contributed by atoms with E-state index in [1.807, 2.05) is 19.1 Å². The summed E-state index contributed by atoms with van der Waals surface area (Å²) in [5.41, 5.74) is 2.46. The summed E-state index contributed by atoms with van der Waals surface area (Å²) in [6.45, 7) is 2.28. The maximum Gasteiger partial charge on any atom is 0.335 e. The molecule has 0 aliphatic carbocycles. The minimum Gasteiger partial charge on any atom is -0.493 e. The van der Waals surface area contributed by atoms with Crippen molar-refractivity contribution in [2.45, 2.75) is 6.92 Å². The topological polar surface area (TPSA) is 134 Å². The van der Waals surface area contributed by atoms with E-state index in [0.717, 1.165) is 11.1 Å². The number of nitrogens with zero attached hydrogens (tertiary/aromatic N) is 3. The Hall–Kier alpha value is -4.01. The average molecular weight is 377 g/mol. The summed E-state index contributed by atoms with van der Waals surface area (Å²) < 4.78 is 5.75. The van der Waals surface area contributed by atoms with Gasteiger partial charge in [-0.15, -0.1) is 10.2 Å². The monoisotopic (exact) mass is 377 g/mol. The zero-order chi connectivity index (χ0) is 19.7. The van der Waals surface area contributed by atoms with Gasteiger partial charge in [0.15, 0.2) is 5.52 Å². The smallest absolute Gasteiger partial charge is 0.335 e. The van der Waals surface area contributed by atoms with E-state index in [1.165, 1.54) is 0 Å². The number of carboxylic acid groups (broad SMARTS) is 1. The molecule has 0 bridgehead atoms. The highest BCUT2D eigenvalue weighted by molar-refractivity contribution is 5.88. The highest BCUT2D eigenvalue weighted by Gasteiger charge is 2.14. The lowest BCUT2D eigenvalue weighted by molar-refractivity contribution is 0.0697. The van der Waals surface area contributed by atoms with Gasteiger partial charge >= 0.3 is 5.97 Å². The number of aromatic amines is 2. The molecule has 0 amide bonds. The lowest BCUT2D eigenvalue weighted by Gasteiger charge is -2.12. The van der Waals surface area contributed by atoms with Crippen molar-refractivity contribution in [2.24, 2.45) is 0 Å². The first kappa shape index (κ1) is 17.4. The number of aromatic nitrogens is 5. The van der Waals surface area contributed by atoms with Crippen molar-refractivity contribution in [3.8, 4) is 28.3 Å². The number of aromatic carboxylic acids is 1. The fourth-order valence-electron chi connectivity index (χ4n) is 2.86. The van der Waals surface area contributed by atoms with Crippen molar-refractivity contribution in [1.82, 2.24) is 25.4 Å². The lowest BCUT2D eigenvalue weighted by atomic mass is 10.0. The van der Waals surface area contributed by atoms with Gasteiger partial charge in [-0.3, -0.25) is 4.79 Å². The summed E-state index contributed by atoms with van der Waals surface area (Å²) in [5, 5.41) is 19.1. The van der Waals surface area contributed by atoms with Crippen LogP contribution in [-0.2, 0) is 0 Å². The number of carbonyl (C=O) groups is 1. The van der Waals surface area contributed by atoms with Crippen LogP contribution in [0.15, 0.2) is 47.3 Å². The molecule has 0 saturated heterocycles. The molecule has 0 atom stereocenters.